The molecule has 0 bridgehead atoms. The minimum absolute atomic E-state index is 0.0606. The van der Waals surface area contributed by atoms with Gasteiger partial charge in [-0.1, -0.05) is 0 Å². The Balaban J connectivity index is 3.03. The van der Waals surface area contributed by atoms with Crippen LogP contribution in [0, 0.1) is 28.5 Å². The molecule has 0 saturated carbocycles. The first-order valence-corrected chi connectivity index (χ1v) is 6.63. The van der Waals surface area contributed by atoms with E-state index in [1.54, 1.807) is 6.07 Å². The van der Waals surface area contributed by atoms with Crippen LogP contribution >= 0.6 is 15.9 Å². The van der Waals surface area contributed by atoms with Crippen LogP contribution in [0.15, 0.2) is 21.4 Å². The number of hydrogen-bond acceptors (Lipinski definition) is 5. The molecule has 6 nitrogen and oxygen atoms in total. The van der Waals surface area contributed by atoms with E-state index in [9.17, 15) is 19.7 Å². The summed E-state index contributed by atoms with van der Waals surface area (Å²) in [6.07, 6.45) is 0. The second-order valence-electron chi connectivity index (χ2n) is 4.16. The van der Waals surface area contributed by atoms with E-state index < -0.39 is 11.4 Å². The largest absolute Gasteiger partial charge is 0.493 e. The van der Waals surface area contributed by atoms with Gasteiger partial charge in [-0.15, -0.1) is 0 Å². The molecule has 0 amide bonds. The molecule has 22 heavy (non-hydrogen) atoms. The predicted octanol–water partition coefficient (Wildman–Crippen LogP) is 2.28. The Hall–Kier alpha value is -2.84. The molecule has 0 saturated heterocycles. The van der Waals surface area contributed by atoms with Crippen molar-refractivity contribution in [2.24, 2.45) is 0 Å². The van der Waals surface area contributed by atoms with Crippen molar-refractivity contribution in [1.29, 1.82) is 10.5 Å². The van der Waals surface area contributed by atoms with Crippen LogP contribution in [0.4, 0.5) is 10.2 Å². The van der Waals surface area contributed by atoms with Gasteiger partial charge < -0.3 is 15.5 Å². The number of nitrogen functional groups attached to an aromatic ring is 1. The molecule has 0 aliphatic rings. The smallest absolute Gasteiger partial charge is 0.268 e. The first kappa shape index (κ1) is 15.5. The minimum Gasteiger partial charge on any atom is -0.493 e. The van der Waals surface area contributed by atoms with Gasteiger partial charge in [0.05, 0.1) is 11.6 Å². The predicted molar refractivity (Wildman–Crippen MR) is 80.6 cm³/mol. The Morgan fingerprint density at radius 1 is 1.32 bits per heavy atom. The number of pyridine rings is 1. The Morgan fingerprint density at radius 3 is 2.50 bits per heavy atom. The summed E-state index contributed by atoms with van der Waals surface area (Å²) in [4.78, 5) is 14.1. The molecule has 0 aliphatic heterocycles. The van der Waals surface area contributed by atoms with Crippen molar-refractivity contribution in [3.8, 4) is 29.0 Å². The van der Waals surface area contributed by atoms with E-state index in [1.165, 1.54) is 19.2 Å². The van der Waals surface area contributed by atoms with E-state index in [1.807, 2.05) is 6.07 Å². The number of nitriles is 2. The number of nitrogens with two attached hydrogens (primary N) is 1. The molecule has 1 heterocycles. The van der Waals surface area contributed by atoms with Crippen LogP contribution in [0.3, 0.4) is 0 Å². The van der Waals surface area contributed by atoms with Gasteiger partial charge in [-0.25, -0.2) is 4.39 Å². The van der Waals surface area contributed by atoms with Gasteiger partial charge >= 0.3 is 0 Å². The van der Waals surface area contributed by atoms with Crippen LogP contribution in [0.25, 0.3) is 11.1 Å². The maximum Gasteiger partial charge on any atom is 0.268 e. The van der Waals surface area contributed by atoms with E-state index >= 15 is 0 Å². The number of rotatable bonds is 2. The van der Waals surface area contributed by atoms with Crippen LogP contribution in [0.5, 0.6) is 5.75 Å². The Labute approximate surface area is 132 Å². The Morgan fingerprint density at radius 2 is 1.95 bits per heavy atom. The van der Waals surface area contributed by atoms with Crippen molar-refractivity contribution in [2.75, 3.05) is 12.8 Å². The second kappa shape index (κ2) is 5.88. The monoisotopic (exact) mass is 362 g/mol. The van der Waals surface area contributed by atoms with Gasteiger partial charge in [0.1, 0.15) is 29.1 Å². The highest BCUT2D eigenvalue weighted by atomic mass is 79.9. The number of aromatic nitrogens is 1. The molecule has 3 N–H and O–H groups in total. The van der Waals surface area contributed by atoms with Gasteiger partial charge in [0.25, 0.3) is 5.56 Å². The van der Waals surface area contributed by atoms with Gasteiger partial charge in [-0.05, 0) is 28.1 Å². The maximum atomic E-state index is 14.2. The number of methoxy groups -OCH3 is 1. The van der Waals surface area contributed by atoms with Crippen molar-refractivity contribution in [3.05, 3.63) is 43.9 Å². The van der Waals surface area contributed by atoms with Gasteiger partial charge in [-0.3, -0.25) is 4.79 Å². The molecule has 0 radical (unpaired) electrons. The molecule has 0 aliphatic carbocycles. The summed E-state index contributed by atoms with van der Waals surface area (Å²) >= 11 is 3.02. The fourth-order valence-corrected chi connectivity index (χ4v) is 2.35. The molecular formula is C14H8BrFN4O2. The number of nitrogens with zero attached hydrogens (tertiary/aromatic N) is 2. The standard InChI is InChI=1S/C14H8BrFN4O2/c1-22-12-6(2-3-9(15)11(12)16)10-7(4-17)13(19)20-14(21)8(10)5-18/h2-3H,1H3,(H3,19,20,21). The zero-order chi connectivity index (χ0) is 16.4. The Bertz CT molecular complexity index is 909. The number of halogens is 2. The van der Waals surface area contributed by atoms with Crippen LogP contribution in [-0.2, 0) is 0 Å². The van der Waals surface area contributed by atoms with Gasteiger partial charge in [0.15, 0.2) is 11.6 Å². The van der Waals surface area contributed by atoms with Gasteiger partial charge in [0.2, 0.25) is 0 Å². The van der Waals surface area contributed by atoms with E-state index in [2.05, 4.69) is 20.9 Å². The summed E-state index contributed by atoms with van der Waals surface area (Å²) < 4.78 is 19.3. The number of hydrogen-bond donors (Lipinski definition) is 2. The molecule has 0 fully saturated rings. The lowest BCUT2D eigenvalue weighted by atomic mass is 9.95. The lowest BCUT2D eigenvalue weighted by Crippen LogP contribution is -2.16. The van der Waals surface area contributed by atoms with Crippen molar-refractivity contribution < 1.29 is 9.13 Å². The molecule has 0 unspecified atom stereocenters. The highest BCUT2D eigenvalue weighted by Gasteiger charge is 2.23. The third-order valence-corrected chi connectivity index (χ3v) is 3.60. The fraction of sp³-hybridized carbons (Fsp3) is 0.0714. The molecule has 0 spiro atoms. The topological polar surface area (TPSA) is 116 Å². The third-order valence-electron chi connectivity index (χ3n) is 2.99. The SMILES string of the molecule is COc1c(-c2c(C#N)c(N)[nH]c(=O)c2C#N)ccc(Br)c1F. The summed E-state index contributed by atoms with van der Waals surface area (Å²) in [7, 11) is 1.24. The average Bonchev–Trinajstić information content (AvgIpc) is 2.49. The number of benzene rings is 1. The summed E-state index contributed by atoms with van der Waals surface area (Å²) in [5, 5.41) is 18.4. The van der Waals surface area contributed by atoms with Gasteiger partial charge in [0, 0.05) is 11.1 Å². The van der Waals surface area contributed by atoms with E-state index in [4.69, 9.17) is 10.5 Å². The molecule has 1 aromatic carbocycles. The number of anilines is 1. The molecule has 2 aromatic rings. The quantitative estimate of drug-likeness (QED) is 0.849. The Kier molecular flexibility index (Phi) is 4.15. The summed E-state index contributed by atoms with van der Waals surface area (Å²) in [6, 6.07) is 6.34. The van der Waals surface area contributed by atoms with E-state index in [-0.39, 0.29) is 38.3 Å². The molecular weight excluding hydrogens is 355 g/mol. The highest BCUT2D eigenvalue weighted by Crippen LogP contribution is 2.39. The van der Waals surface area contributed by atoms with Crippen molar-refractivity contribution in [2.45, 2.75) is 0 Å². The van der Waals surface area contributed by atoms with Crippen molar-refractivity contribution in [1.82, 2.24) is 4.98 Å². The van der Waals surface area contributed by atoms with E-state index in [0.717, 1.165) is 0 Å². The normalized spacial score (nSPS) is 9.86. The van der Waals surface area contributed by atoms with Crippen molar-refractivity contribution >= 4 is 21.7 Å². The highest BCUT2D eigenvalue weighted by molar-refractivity contribution is 9.10. The minimum atomic E-state index is -0.764. The van der Waals surface area contributed by atoms with Gasteiger partial charge in [-0.2, -0.15) is 10.5 Å². The van der Waals surface area contributed by atoms with Crippen LogP contribution in [-0.4, -0.2) is 12.1 Å². The van der Waals surface area contributed by atoms with E-state index in [0.29, 0.717) is 0 Å². The van der Waals surface area contributed by atoms with Crippen molar-refractivity contribution in [3.63, 3.8) is 0 Å². The summed E-state index contributed by atoms with van der Waals surface area (Å²) in [5.74, 6) is -1.12. The lowest BCUT2D eigenvalue weighted by molar-refractivity contribution is 0.387. The summed E-state index contributed by atoms with van der Waals surface area (Å²) in [5.41, 5.74) is 4.42. The summed E-state index contributed by atoms with van der Waals surface area (Å²) in [6.45, 7) is 0. The van der Waals surface area contributed by atoms with Crippen LogP contribution in [0.2, 0.25) is 0 Å². The number of nitrogens with one attached hydrogen (secondary N) is 1. The number of ether oxygens (including phenoxy) is 1. The molecule has 8 heteroatoms. The van der Waals surface area contributed by atoms with Crippen LogP contribution in [0.1, 0.15) is 11.1 Å². The third kappa shape index (κ3) is 2.30. The number of H-pyrrole nitrogens is 1. The second-order valence-corrected chi connectivity index (χ2v) is 5.01. The molecule has 1 aromatic heterocycles. The maximum absolute atomic E-state index is 14.2. The average molecular weight is 363 g/mol. The zero-order valence-electron chi connectivity index (χ0n) is 11.2. The van der Waals surface area contributed by atoms with Crippen LogP contribution < -0.4 is 16.0 Å². The first-order valence-electron chi connectivity index (χ1n) is 5.84. The molecule has 0 atom stereocenters. The molecule has 110 valence electrons. The first-order chi connectivity index (χ1) is 10.5. The lowest BCUT2D eigenvalue weighted by Gasteiger charge is -2.13. The molecule has 2 rings (SSSR count). The zero-order valence-corrected chi connectivity index (χ0v) is 12.8. The fourth-order valence-electron chi connectivity index (χ4n) is 2.04. The number of aromatic amines is 1.